The quantitative estimate of drug-likeness (QED) is 0.632. The number of hydrogen-bond acceptors (Lipinski definition) is 3. The molecule has 2 aliphatic carbocycles. The second-order valence-corrected chi connectivity index (χ2v) is 6.53. The van der Waals surface area contributed by atoms with Gasteiger partial charge in [0.15, 0.2) is 0 Å². The average molecular weight is 280 g/mol. The van der Waals surface area contributed by atoms with Crippen LogP contribution in [0.4, 0.5) is 11.4 Å². The van der Waals surface area contributed by atoms with Gasteiger partial charge in [-0.1, -0.05) is 12.2 Å². The Hall–Kier alpha value is -2.10. The summed E-state index contributed by atoms with van der Waals surface area (Å²) in [6.07, 6.45) is 6.20. The highest BCUT2D eigenvalue weighted by Gasteiger charge is 2.59. The summed E-state index contributed by atoms with van der Waals surface area (Å²) in [7, 11) is 0. The zero-order valence-electron chi connectivity index (χ0n) is 11.6. The fourth-order valence-corrected chi connectivity index (χ4v) is 4.59. The molecule has 4 atom stereocenters. The molecule has 2 bridgehead atoms. The van der Waals surface area contributed by atoms with E-state index in [9.17, 15) is 9.59 Å². The molecule has 4 aliphatic rings. The Morgan fingerprint density at radius 1 is 1.05 bits per heavy atom. The molecule has 1 saturated carbocycles. The first-order valence-electron chi connectivity index (χ1n) is 7.67. The number of imide groups is 1. The molecule has 2 aliphatic heterocycles. The molecule has 2 heterocycles. The summed E-state index contributed by atoms with van der Waals surface area (Å²) in [6, 6.07) is 5.88. The zero-order chi connectivity index (χ0) is 14.1. The summed E-state index contributed by atoms with van der Waals surface area (Å²) in [5.41, 5.74) is 3.08. The van der Waals surface area contributed by atoms with Gasteiger partial charge in [-0.05, 0) is 48.4 Å². The van der Waals surface area contributed by atoms with Crippen LogP contribution in [0.15, 0.2) is 30.4 Å². The van der Waals surface area contributed by atoms with Crippen LogP contribution in [0, 0.1) is 23.7 Å². The maximum atomic E-state index is 12.7. The van der Waals surface area contributed by atoms with Gasteiger partial charge in [0.2, 0.25) is 11.8 Å². The number of carbonyl (C=O) groups excluding carboxylic acids is 2. The molecule has 21 heavy (non-hydrogen) atoms. The van der Waals surface area contributed by atoms with E-state index in [1.807, 2.05) is 18.2 Å². The van der Waals surface area contributed by atoms with E-state index in [0.717, 1.165) is 30.8 Å². The Balaban J connectivity index is 1.56. The predicted octanol–water partition coefficient (Wildman–Crippen LogP) is 1.97. The summed E-state index contributed by atoms with van der Waals surface area (Å²) < 4.78 is 0. The normalized spacial score (nSPS) is 35.3. The lowest BCUT2D eigenvalue weighted by Gasteiger charge is -2.18. The van der Waals surface area contributed by atoms with E-state index < -0.39 is 0 Å². The van der Waals surface area contributed by atoms with Gasteiger partial charge in [0, 0.05) is 12.2 Å². The number of fused-ring (bicyclic) bond motifs is 6. The molecule has 4 nitrogen and oxygen atoms in total. The number of amides is 2. The van der Waals surface area contributed by atoms with E-state index in [2.05, 4.69) is 17.5 Å². The van der Waals surface area contributed by atoms with Crippen LogP contribution in [-0.4, -0.2) is 18.4 Å². The van der Waals surface area contributed by atoms with Gasteiger partial charge in [-0.2, -0.15) is 0 Å². The molecule has 106 valence electrons. The molecule has 0 spiro atoms. The smallest absolute Gasteiger partial charge is 0.238 e. The lowest BCUT2D eigenvalue weighted by atomic mass is 9.85. The Morgan fingerprint density at radius 2 is 1.76 bits per heavy atom. The fourth-order valence-electron chi connectivity index (χ4n) is 4.59. The van der Waals surface area contributed by atoms with Crippen molar-refractivity contribution < 1.29 is 9.59 Å². The molecule has 0 aromatic heterocycles. The average Bonchev–Trinajstić information content (AvgIpc) is 3.22. The van der Waals surface area contributed by atoms with Gasteiger partial charge < -0.3 is 5.32 Å². The zero-order valence-corrected chi connectivity index (χ0v) is 11.6. The molecular weight excluding hydrogens is 264 g/mol. The monoisotopic (exact) mass is 280 g/mol. The molecule has 2 amide bonds. The highest BCUT2D eigenvalue weighted by molar-refractivity contribution is 6.22. The second-order valence-electron chi connectivity index (χ2n) is 6.53. The van der Waals surface area contributed by atoms with E-state index in [4.69, 9.17) is 0 Å². The fraction of sp³-hybridized carbons (Fsp3) is 0.412. The van der Waals surface area contributed by atoms with Crippen molar-refractivity contribution in [1.82, 2.24) is 0 Å². The van der Waals surface area contributed by atoms with Crippen LogP contribution in [-0.2, 0) is 16.0 Å². The number of allylic oxidation sites excluding steroid dienone is 2. The van der Waals surface area contributed by atoms with Crippen LogP contribution in [0.3, 0.4) is 0 Å². The highest BCUT2D eigenvalue weighted by Crippen LogP contribution is 2.53. The van der Waals surface area contributed by atoms with Crippen LogP contribution in [0.2, 0.25) is 0 Å². The summed E-state index contributed by atoms with van der Waals surface area (Å²) in [6.45, 7) is 0.931. The topological polar surface area (TPSA) is 49.4 Å². The number of anilines is 2. The van der Waals surface area contributed by atoms with Gasteiger partial charge in [-0.15, -0.1) is 0 Å². The number of nitrogens with one attached hydrogen (secondary N) is 1. The Labute approximate surface area is 122 Å². The van der Waals surface area contributed by atoms with Gasteiger partial charge in [0.05, 0.1) is 17.5 Å². The van der Waals surface area contributed by atoms with Crippen molar-refractivity contribution in [3.8, 4) is 0 Å². The molecule has 1 saturated heterocycles. The van der Waals surface area contributed by atoms with Crippen molar-refractivity contribution in [2.24, 2.45) is 23.7 Å². The SMILES string of the molecule is O=C1C2C3C=CC(C3)C2C(=O)N1c1ccc2c(c1)CCN2. The Morgan fingerprint density at radius 3 is 2.48 bits per heavy atom. The van der Waals surface area contributed by atoms with Crippen LogP contribution in [0.25, 0.3) is 0 Å². The van der Waals surface area contributed by atoms with Crippen LogP contribution >= 0.6 is 0 Å². The van der Waals surface area contributed by atoms with Crippen LogP contribution < -0.4 is 10.2 Å². The largest absolute Gasteiger partial charge is 0.384 e. The number of benzene rings is 1. The molecular formula is C17H16N2O2. The van der Waals surface area contributed by atoms with E-state index in [1.54, 1.807) is 0 Å². The summed E-state index contributed by atoms with van der Waals surface area (Å²) in [5, 5.41) is 3.31. The number of hydrogen-bond donors (Lipinski definition) is 1. The van der Waals surface area contributed by atoms with Gasteiger partial charge in [0.25, 0.3) is 0 Å². The van der Waals surface area contributed by atoms with E-state index >= 15 is 0 Å². The van der Waals surface area contributed by atoms with Crippen molar-refractivity contribution in [3.63, 3.8) is 0 Å². The van der Waals surface area contributed by atoms with Crippen LogP contribution in [0.5, 0.6) is 0 Å². The van der Waals surface area contributed by atoms with Gasteiger partial charge in [-0.3, -0.25) is 14.5 Å². The molecule has 2 fully saturated rings. The lowest BCUT2D eigenvalue weighted by Crippen LogP contribution is -2.32. The van der Waals surface area contributed by atoms with Crippen LogP contribution in [0.1, 0.15) is 12.0 Å². The van der Waals surface area contributed by atoms with E-state index in [0.29, 0.717) is 0 Å². The Bertz CT molecular complexity index is 679. The number of nitrogens with zero attached hydrogens (tertiary/aromatic N) is 1. The van der Waals surface area contributed by atoms with Gasteiger partial charge >= 0.3 is 0 Å². The number of carbonyl (C=O) groups is 2. The number of rotatable bonds is 1. The minimum absolute atomic E-state index is 0.00718. The summed E-state index contributed by atoms with van der Waals surface area (Å²) in [5.74, 6) is 0.341. The molecule has 5 rings (SSSR count). The minimum atomic E-state index is -0.112. The van der Waals surface area contributed by atoms with Crippen molar-refractivity contribution in [2.45, 2.75) is 12.8 Å². The van der Waals surface area contributed by atoms with Gasteiger partial charge in [0.1, 0.15) is 0 Å². The first-order valence-corrected chi connectivity index (χ1v) is 7.67. The predicted molar refractivity (Wildman–Crippen MR) is 78.8 cm³/mol. The minimum Gasteiger partial charge on any atom is -0.384 e. The first kappa shape index (κ1) is 11.5. The second kappa shape index (κ2) is 3.75. The summed E-state index contributed by atoms with van der Waals surface area (Å²) >= 11 is 0. The van der Waals surface area contributed by atoms with Crippen molar-refractivity contribution in [2.75, 3.05) is 16.8 Å². The Kier molecular flexibility index (Phi) is 2.06. The lowest BCUT2D eigenvalue weighted by molar-refractivity contribution is -0.123. The van der Waals surface area contributed by atoms with Gasteiger partial charge in [-0.25, -0.2) is 0 Å². The molecule has 1 aromatic rings. The van der Waals surface area contributed by atoms with Crippen molar-refractivity contribution in [3.05, 3.63) is 35.9 Å². The first-order chi connectivity index (χ1) is 10.2. The molecule has 4 unspecified atom stereocenters. The van der Waals surface area contributed by atoms with E-state index in [-0.39, 0.29) is 35.5 Å². The highest BCUT2D eigenvalue weighted by atomic mass is 16.2. The van der Waals surface area contributed by atoms with E-state index in [1.165, 1.54) is 10.5 Å². The third kappa shape index (κ3) is 1.35. The molecule has 4 heteroatoms. The van der Waals surface area contributed by atoms with Crippen molar-refractivity contribution >= 4 is 23.2 Å². The maximum absolute atomic E-state index is 12.7. The maximum Gasteiger partial charge on any atom is 0.238 e. The molecule has 1 N–H and O–H groups in total. The van der Waals surface area contributed by atoms with Crippen molar-refractivity contribution in [1.29, 1.82) is 0 Å². The third-order valence-corrected chi connectivity index (χ3v) is 5.53. The third-order valence-electron chi connectivity index (χ3n) is 5.53. The molecule has 1 aromatic carbocycles. The summed E-state index contributed by atoms with van der Waals surface area (Å²) in [4.78, 5) is 26.9. The standard InChI is InChI=1S/C17H16N2O2/c20-16-14-10-1-2-11(7-10)15(14)17(21)19(16)12-3-4-13-9(8-12)5-6-18-13/h1-4,8,10-11,14-15,18H,5-7H2. The molecule has 0 radical (unpaired) electrons.